The van der Waals surface area contributed by atoms with Crippen LogP contribution in [0.3, 0.4) is 0 Å². The molecule has 0 fully saturated rings. The average molecular weight is 570 g/mol. The van der Waals surface area contributed by atoms with Crippen LogP contribution in [0.25, 0.3) is 22.2 Å². The second kappa shape index (κ2) is 9.45. The van der Waals surface area contributed by atoms with E-state index in [1.54, 1.807) is 33.8 Å². The van der Waals surface area contributed by atoms with Crippen LogP contribution in [0.15, 0.2) is 65.4 Å². The van der Waals surface area contributed by atoms with Crippen molar-refractivity contribution in [2.45, 2.75) is 13.5 Å². The van der Waals surface area contributed by atoms with Crippen molar-refractivity contribution in [1.29, 1.82) is 0 Å². The molecule has 10 heteroatoms. The minimum absolute atomic E-state index is 0.285. The first-order valence-electron chi connectivity index (χ1n) is 10.7. The Bertz CT molecular complexity index is 1590. The molecule has 5 rings (SSSR count). The quantitative estimate of drug-likeness (QED) is 0.262. The lowest BCUT2D eigenvalue weighted by Crippen LogP contribution is -2.14. The third-order valence-electron chi connectivity index (χ3n) is 5.53. The molecule has 0 spiro atoms. The van der Waals surface area contributed by atoms with E-state index in [1.165, 1.54) is 0 Å². The summed E-state index contributed by atoms with van der Waals surface area (Å²) >= 11 is 15.6. The van der Waals surface area contributed by atoms with Crippen LogP contribution >= 0.6 is 39.1 Å². The minimum atomic E-state index is -0.285. The summed E-state index contributed by atoms with van der Waals surface area (Å²) in [7, 11) is 1.86. The van der Waals surface area contributed by atoms with E-state index >= 15 is 0 Å². The van der Waals surface area contributed by atoms with E-state index in [0.717, 1.165) is 27.7 Å². The number of nitrogens with zero attached hydrogens (tertiary/aromatic N) is 5. The topological polar surface area (TPSA) is 77.6 Å². The van der Waals surface area contributed by atoms with Crippen LogP contribution in [0.4, 0.5) is 5.82 Å². The van der Waals surface area contributed by atoms with E-state index < -0.39 is 0 Å². The lowest BCUT2D eigenvalue weighted by atomic mass is 10.0. The Hall–Kier alpha value is -3.20. The van der Waals surface area contributed by atoms with Gasteiger partial charge in [-0.3, -0.25) is 14.2 Å². The molecule has 0 atom stereocenters. The smallest absolute Gasteiger partial charge is 0.257 e. The fraction of sp³-hybridized carbons (Fsp3) is 0.120. The van der Waals surface area contributed by atoms with Crippen LogP contribution in [0.2, 0.25) is 10.0 Å². The van der Waals surface area contributed by atoms with Crippen molar-refractivity contribution in [3.8, 4) is 11.3 Å². The summed E-state index contributed by atoms with van der Waals surface area (Å²) < 4.78 is 4.11. The number of rotatable bonds is 5. The fourth-order valence-electron chi connectivity index (χ4n) is 3.91. The molecule has 176 valence electrons. The van der Waals surface area contributed by atoms with Gasteiger partial charge in [-0.05, 0) is 52.7 Å². The maximum absolute atomic E-state index is 13.4. The normalized spacial score (nSPS) is 11.2. The highest BCUT2D eigenvalue weighted by Gasteiger charge is 2.18. The molecule has 7 nitrogen and oxygen atoms in total. The molecule has 0 aliphatic carbocycles. The first kappa shape index (κ1) is 23.5. The number of carbonyl (C=O) groups excluding carboxylic acids is 1. The maximum Gasteiger partial charge on any atom is 0.257 e. The van der Waals surface area contributed by atoms with Crippen LogP contribution in [0.5, 0.6) is 0 Å². The second-order valence-electron chi connectivity index (χ2n) is 8.10. The Labute approximate surface area is 219 Å². The Kier molecular flexibility index (Phi) is 6.35. The summed E-state index contributed by atoms with van der Waals surface area (Å²) in [6, 6.07) is 14.8. The van der Waals surface area contributed by atoms with E-state index in [-0.39, 0.29) is 5.91 Å². The van der Waals surface area contributed by atoms with E-state index in [4.69, 9.17) is 28.2 Å². The number of carbonyl (C=O) groups is 1. The highest BCUT2D eigenvalue weighted by atomic mass is 79.9. The standard InChI is InChI=1S/C25H19BrCl2N6O/c1-14-18(12-33(2)31-14)23-10-17(16-5-3-4-6-22(16)29-23)25(35)30-24-19(26)13-34(32-24)11-15-7-8-20(27)21(28)9-15/h3-10,12-13H,11H2,1-2H3,(H,30,32,35). The van der Waals surface area contributed by atoms with Gasteiger partial charge in [0.05, 0.1) is 43.5 Å². The molecule has 0 aliphatic rings. The molecular weight excluding hydrogens is 551 g/mol. The Balaban J connectivity index is 1.47. The SMILES string of the molecule is Cc1nn(C)cc1-c1cc(C(=O)Nc2nn(Cc3ccc(Cl)c(Cl)c3)cc2Br)c2ccccc2n1. The molecule has 0 saturated heterocycles. The van der Waals surface area contributed by atoms with E-state index in [2.05, 4.69) is 31.4 Å². The molecule has 0 saturated carbocycles. The number of hydrogen-bond acceptors (Lipinski definition) is 4. The summed E-state index contributed by atoms with van der Waals surface area (Å²) in [5.41, 5.74) is 4.56. The number of aryl methyl sites for hydroxylation is 2. The van der Waals surface area contributed by atoms with Gasteiger partial charge in [-0.15, -0.1) is 0 Å². The molecule has 2 aromatic carbocycles. The second-order valence-corrected chi connectivity index (χ2v) is 9.77. The number of para-hydroxylation sites is 1. The maximum atomic E-state index is 13.4. The monoisotopic (exact) mass is 568 g/mol. The van der Waals surface area contributed by atoms with Crippen molar-refractivity contribution in [3.05, 3.63) is 92.3 Å². The van der Waals surface area contributed by atoms with Crippen LogP contribution < -0.4 is 5.32 Å². The Morgan fingerprint density at radius 2 is 1.86 bits per heavy atom. The molecule has 0 aliphatic heterocycles. The minimum Gasteiger partial charge on any atom is -0.304 e. The van der Waals surface area contributed by atoms with Crippen LogP contribution in [-0.2, 0) is 13.6 Å². The molecule has 3 aromatic heterocycles. The van der Waals surface area contributed by atoms with Crippen LogP contribution in [-0.4, -0.2) is 30.5 Å². The average Bonchev–Trinajstić information content (AvgIpc) is 3.35. The van der Waals surface area contributed by atoms with E-state index in [0.29, 0.717) is 38.1 Å². The van der Waals surface area contributed by atoms with Gasteiger partial charge >= 0.3 is 0 Å². The molecule has 35 heavy (non-hydrogen) atoms. The van der Waals surface area contributed by atoms with Crippen molar-refractivity contribution in [2.75, 3.05) is 5.32 Å². The molecule has 1 N–H and O–H groups in total. The number of aromatic nitrogens is 5. The van der Waals surface area contributed by atoms with Gasteiger partial charge in [-0.1, -0.05) is 47.5 Å². The van der Waals surface area contributed by atoms with Crippen molar-refractivity contribution < 1.29 is 4.79 Å². The lowest BCUT2D eigenvalue weighted by molar-refractivity contribution is 0.102. The van der Waals surface area contributed by atoms with Crippen molar-refractivity contribution in [1.82, 2.24) is 24.5 Å². The number of anilines is 1. The summed E-state index contributed by atoms with van der Waals surface area (Å²) in [6.07, 6.45) is 3.70. The van der Waals surface area contributed by atoms with E-state index in [1.807, 2.05) is 50.5 Å². The number of halogens is 3. The summed E-state index contributed by atoms with van der Waals surface area (Å²) in [5.74, 6) is 0.127. The predicted molar refractivity (Wildman–Crippen MR) is 142 cm³/mol. The number of hydrogen-bond donors (Lipinski definition) is 1. The van der Waals surface area contributed by atoms with Gasteiger partial charge in [0.2, 0.25) is 0 Å². The molecule has 3 heterocycles. The third kappa shape index (κ3) is 4.82. The zero-order valence-electron chi connectivity index (χ0n) is 18.8. The summed E-state index contributed by atoms with van der Waals surface area (Å²) in [4.78, 5) is 18.2. The van der Waals surface area contributed by atoms with Crippen molar-refractivity contribution in [2.24, 2.45) is 7.05 Å². The van der Waals surface area contributed by atoms with Gasteiger partial charge in [0, 0.05) is 30.4 Å². The number of benzene rings is 2. The van der Waals surface area contributed by atoms with Crippen molar-refractivity contribution in [3.63, 3.8) is 0 Å². The first-order valence-corrected chi connectivity index (χ1v) is 12.2. The predicted octanol–water partition coefficient (Wildman–Crippen LogP) is 6.51. The zero-order chi connectivity index (χ0) is 24.7. The van der Waals surface area contributed by atoms with E-state index in [9.17, 15) is 4.79 Å². The van der Waals surface area contributed by atoms with Gasteiger partial charge in [0.1, 0.15) is 0 Å². The van der Waals surface area contributed by atoms with Gasteiger partial charge in [-0.25, -0.2) is 4.98 Å². The molecule has 0 unspecified atom stereocenters. The number of amides is 1. The molecule has 0 bridgehead atoms. The van der Waals surface area contributed by atoms with Gasteiger partial charge in [-0.2, -0.15) is 10.2 Å². The molecule has 0 radical (unpaired) electrons. The Morgan fingerprint density at radius 1 is 1.06 bits per heavy atom. The highest BCUT2D eigenvalue weighted by molar-refractivity contribution is 9.10. The number of nitrogens with one attached hydrogen (secondary N) is 1. The number of fused-ring (bicyclic) bond motifs is 1. The summed E-state index contributed by atoms with van der Waals surface area (Å²) in [5, 5.41) is 13.6. The van der Waals surface area contributed by atoms with Crippen molar-refractivity contribution >= 4 is 61.8 Å². The van der Waals surface area contributed by atoms with Gasteiger partial charge in [0.25, 0.3) is 5.91 Å². The summed E-state index contributed by atoms with van der Waals surface area (Å²) in [6.45, 7) is 2.39. The highest BCUT2D eigenvalue weighted by Crippen LogP contribution is 2.29. The largest absolute Gasteiger partial charge is 0.304 e. The molecule has 1 amide bonds. The molecular formula is C25H19BrCl2N6O. The zero-order valence-corrected chi connectivity index (χ0v) is 21.9. The van der Waals surface area contributed by atoms with Gasteiger partial charge < -0.3 is 5.32 Å². The first-order chi connectivity index (χ1) is 16.8. The van der Waals surface area contributed by atoms with Crippen LogP contribution in [0.1, 0.15) is 21.6 Å². The van der Waals surface area contributed by atoms with Gasteiger partial charge in [0.15, 0.2) is 5.82 Å². The molecule has 5 aromatic rings. The third-order valence-corrected chi connectivity index (χ3v) is 6.85. The van der Waals surface area contributed by atoms with Crippen LogP contribution in [0, 0.1) is 6.92 Å². The Morgan fingerprint density at radius 3 is 2.60 bits per heavy atom. The lowest BCUT2D eigenvalue weighted by Gasteiger charge is -2.09. The fourth-order valence-corrected chi connectivity index (χ4v) is 4.65. The number of pyridine rings is 1.